The van der Waals surface area contributed by atoms with Crippen LogP contribution in [0, 0.1) is 0 Å². The highest BCUT2D eigenvalue weighted by molar-refractivity contribution is 7.45. The predicted octanol–water partition coefficient (Wildman–Crippen LogP) is 20.9. The van der Waals surface area contributed by atoms with Crippen molar-refractivity contribution in [2.75, 3.05) is 40.9 Å². The van der Waals surface area contributed by atoms with Crippen molar-refractivity contribution in [3.05, 3.63) is 72.9 Å². The fourth-order valence-corrected chi connectivity index (χ4v) is 10.6. The Morgan fingerprint density at radius 2 is 0.790 bits per heavy atom. The van der Waals surface area contributed by atoms with Gasteiger partial charge in [-0.3, -0.25) is 14.2 Å². The van der Waals surface area contributed by atoms with Gasteiger partial charge in [-0.15, -0.1) is 0 Å². The number of nitrogens with one attached hydrogen (secondary N) is 1. The number of rotatable bonds is 62. The van der Waals surface area contributed by atoms with Gasteiger partial charge in [0.1, 0.15) is 19.3 Å². The van der Waals surface area contributed by atoms with E-state index in [1.165, 1.54) is 173 Å². The third kappa shape index (κ3) is 61.8. The predicted molar refractivity (Wildman–Crippen MR) is 348 cm³/mol. The molecule has 0 aromatic carbocycles. The summed E-state index contributed by atoms with van der Waals surface area (Å²) in [7, 11) is 1.18. The molecule has 0 heterocycles. The molecule has 10 heteroatoms. The molecule has 0 spiro atoms. The average molecular weight is 1160 g/mol. The summed E-state index contributed by atoms with van der Waals surface area (Å²) in [5.74, 6) is -0.554. The van der Waals surface area contributed by atoms with Crippen LogP contribution in [0.3, 0.4) is 0 Å². The molecule has 0 rings (SSSR count). The van der Waals surface area contributed by atoms with Gasteiger partial charge >= 0.3 is 5.97 Å². The standard InChI is InChI=1S/C71H131N2O7P/c1-7-10-13-16-19-22-25-27-29-31-33-35-36-38-39-41-43-45-48-51-54-57-60-63-70(74)72-68(67-79-81(76,77)78-66-65-73(4,5)6)69(62-59-56-53-50-47-24-21-18-15-12-9-3)80-71(75)64-61-58-55-52-49-46-44-42-40-37-34-32-30-28-26-23-20-17-14-11-8-2/h11,14,20,23,28,30,34,37,42,44,59,62,68-69H,7-10,12-13,15-19,21-22,24-27,29,31-33,35-36,38-41,43,45-58,60-61,63-67H2,1-6H3,(H-,72,74,76,77)/b14-11-,23-20-,30-28-,37-34-,44-42-,62-59+. The highest BCUT2D eigenvalue weighted by atomic mass is 31.2. The maximum atomic E-state index is 13.6. The molecule has 0 aromatic heterocycles. The minimum atomic E-state index is -4.71. The first-order chi connectivity index (χ1) is 39.4. The van der Waals surface area contributed by atoms with E-state index in [0.717, 1.165) is 103 Å². The van der Waals surface area contributed by atoms with E-state index in [0.29, 0.717) is 23.9 Å². The number of ether oxygens (including phenoxy) is 1. The number of nitrogens with zero attached hydrogens (tertiary/aromatic N) is 1. The number of allylic oxidation sites excluding steroid dienone is 11. The molecule has 0 aliphatic rings. The number of hydrogen-bond acceptors (Lipinski definition) is 7. The molecule has 3 unspecified atom stereocenters. The summed E-state index contributed by atoms with van der Waals surface area (Å²) in [4.78, 5) is 40.1. The highest BCUT2D eigenvalue weighted by Crippen LogP contribution is 2.38. The molecule has 0 saturated carbocycles. The Hall–Kier alpha value is -2.55. The van der Waals surface area contributed by atoms with Crippen molar-refractivity contribution in [3.8, 4) is 0 Å². The van der Waals surface area contributed by atoms with Crippen molar-refractivity contribution >= 4 is 19.7 Å². The summed E-state index contributed by atoms with van der Waals surface area (Å²) < 4.78 is 30.4. The van der Waals surface area contributed by atoms with E-state index in [2.05, 4.69) is 86.8 Å². The molecule has 81 heavy (non-hydrogen) atoms. The van der Waals surface area contributed by atoms with E-state index in [4.69, 9.17) is 13.8 Å². The molecule has 0 aliphatic heterocycles. The van der Waals surface area contributed by atoms with Gasteiger partial charge in [-0.25, -0.2) is 0 Å². The monoisotopic (exact) mass is 1150 g/mol. The largest absolute Gasteiger partial charge is 0.756 e. The second-order valence-electron chi connectivity index (χ2n) is 24.3. The molecule has 0 fully saturated rings. The van der Waals surface area contributed by atoms with E-state index < -0.39 is 26.6 Å². The number of likely N-dealkylation sites (N-methyl/N-ethyl adjacent to an activating group) is 1. The number of unbranched alkanes of at least 4 members (excludes halogenated alkanes) is 36. The van der Waals surface area contributed by atoms with E-state index in [1.807, 2.05) is 33.3 Å². The number of quaternary nitrogens is 1. The number of carbonyl (C=O) groups is 2. The van der Waals surface area contributed by atoms with Crippen LogP contribution in [0.25, 0.3) is 0 Å². The van der Waals surface area contributed by atoms with Crippen molar-refractivity contribution in [1.29, 1.82) is 0 Å². The molecule has 0 aliphatic carbocycles. The maximum Gasteiger partial charge on any atom is 0.306 e. The first-order valence-electron chi connectivity index (χ1n) is 34.2. The van der Waals surface area contributed by atoms with Gasteiger partial charge < -0.3 is 28.5 Å². The molecule has 3 atom stereocenters. The summed E-state index contributed by atoms with van der Waals surface area (Å²) in [6.45, 7) is 6.75. The van der Waals surface area contributed by atoms with Gasteiger partial charge in [-0.1, -0.05) is 299 Å². The van der Waals surface area contributed by atoms with Crippen molar-refractivity contribution in [1.82, 2.24) is 5.32 Å². The van der Waals surface area contributed by atoms with Crippen molar-refractivity contribution in [2.24, 2.45) is 0 Å². The van der Waals surface area contributed by atoms with Crippen LogP contribution >= 0.6 is 7.82 Å². The molecule has 472 valence electrons. The Morgan fingerprint density at radius 1 is 0.444 bits per heavy atom. The van der Waals surface area contributed by atoms with Gasteiger partial charge in [-0.2, -0.15) is 0 Å². The molecular weight excluding hydrogens is 1020 g/mol. The number of amides is 1. The molecule has 0 bridgehead atoms. The fraction of sp³-hybridized carbons (Fsp3) is 0.803. The Balaban J connectivity index is 5.10. The fourth-order valence-electron chi connectivity index (χ4n) is 9.90. The quantitative estimate of drug-likeness (QED) is 0.0212. The second-order valence-corrected chi connectivity index (χ2v) is 25.7. The first-order valence-corrected chi connectivity index (χ1v) is 35.7. The molecule has 0 radical (unpaired) electrons. The average Bonchev–Trinajstić information content (AvgIpc) is 3.43. The number of phosphoric acid groups is 1. The zero-order valence-electron chi connectivity index (χ0n) is 54.0. The van der Waals surface area contributed by atoms with Crippen LogP contribution < -0.4 is 10.2 Å². The van der Waals surface area contributed by atoms with Crippen molar-refractivity contribution in [3.63, 3.8) is 0 Å². The van der Waals surface area contributed by atoms with E-state index in [-0.39, 0.29) is 24.9 Å². The highest BCUT2D eigenvalue weighted by Gasteiger charge is 2.27. The zero-order chi connectivity index (χ0) is 59.3. The van der Waals surface area contributed by atoms with Gasteiger partial charge in [0.05, 0.1) is 33.8 Å². The SMILES string of the molecule is CC/C=C\C/C=C\C/C=C\C/C=C\C/C=C\CCCCCCCC(=O)OC(/C=C/CCCCCCCCCCC)C(COP(=O)([O-])OCC[N+](C)(C)C)NC(=O)CCCCCCCCCCCCCCCCCCCCCCCCC. The molecular formula is C71H131N2O7P. The summed E-state index contributed by atoms with van der Waals surface area (Å²) in [5, 5.41) is 3.04. The number of carbonyl (C=O) groups excluding carboxylic acids is 2. The van der Waals surface area contributed by atoms with Crippen LogP contribution in [0.1, 0.15) is 316 Å². The van der Waals surface area contributed by atoms with Crippen molar-refractivity contribution < 1.29 is 37.3 Å². The van der Waals surface area contributed by atoms with Crippen LogP contribution in [0.4, 0.5) is 0 Å². The lowest BCUT2D eigenvalue weighted by atomic mass is 10.0. The third-order valence-electron chi connectivity index (χ3n) is 15.2. The summed E-state index contributed by atoms with van der Waals surface area (Å²) in [6.07, 6.45) is 78.8. The lowest BCUT2D eigenvalue weighted by Crippen LogP contribution is -2.47. The summed E-state index contributed by atoms with van der Waals surface area (Å²) in [5.41, 5.74) is 0. The summed E-state index contributed by atoms with van der Waals surface area (Å²) >= 11 is 0. The van der Waals surface area contributed by atoms with E-state index in [9.17, 15) is 19.0 Å². The number of esters is 1. The Labute approximate surface area is 502 Å². The van der Waals surface area contributed by atoms with Gasteiger partial charge in [0, 0.05) is 12.8 Å². The summed E-state index contributed by atoms with van der Waals surface area (Å²) in [6, 6.07) is -0.898. The normalized spacial score (nSPS) is 14.0. The Kier molecular flexibility index (Phi) is 58.7. The second kappa shape index (κ2) is 60.6. The lowest BCUT2D eigenvalue weighted by molar-refractivity contribution is -0.870. The van der Waals surface area contributed by atoms with Crippen LogP contribution in [0.2, 0.25) is 0 Å². The topological polar surface area (TPSA) is 114 Å². The van der Waals surface area contributed by atoms with Gasteiger partial charge in [0.2, 0.25) is 5.91 Å². The third-order valence-corrected chi connectivity index (χ3v) is 16.1. The van der Waals surface area contributed by atoms with Crippen LogP contribution in [-0.4, -0.2) is 69.4 Å². The molecule has 1 N–H and O–H groups in total. The minimum absolute atomic E-state index is 0.0265. The van der Waals surface area contributed by atoms with Crippen LogP contribution in [0.5, 0.6) is 0 Å². The smallest absolute Gasteiger partial charge is 0.306 e. The first kappa shape index (κ1) is 78.5. The Morgan fingerprint density at radius 3 is 1.19 bits per heavy atom. The molecule has 9 nitrogen and oxygen atoms in total. The van der Waals surface area contributed by atoms with Gasteiger partial charge in [-0.05, 0) is 76.7 Å². The van der Waals surface area contributed by atoms with E-state index >= 15 is 0 Å². The zero-order valence-corrected chi connectivity index (χ0v) is 54.9. The molecule has 1 amide bonds. The van der Waals surface area contributed by atoms with Crippen molar-refractivity contribution in [2.45, 2.75) is 328 Å². The molecule has 0 aromatic rings. The van der Waals surface area contributed by atoms with Gasteiger partial charge in [0.25, 0.3) is 7.82 Å². The van der Waals surface area contributed by atoms with Crippen LogP contribution in [0.15, 0.2) is 72.9 Å². The molecule has 0 saturated heterocycles. The lowest BCUT2D eigenvalue weighted by Gasteiger charge is -2.30. The van der Waals surface area contributed by atoms with E-state index in [1.54, 1.807) is 0 Å². The van der Waals surface area contributed by atoms with Gasteiger partial charge in [0.15, 0.2) is 0 Å². The number of hydrogen-bond donors (Lipinski definition) is 1. The Bertz CT molecular complexity index is 1620. The maximum absolute atomic E-state index is 13.6. The van der Waals surface area contributed by atoms with Crippen LogP contribution in [-0.2, 0) is 27.9 Å². The minimum Gasteiger partial charge on any atom is -0.756 e. The number of phosphoric ester groups is 1.